The Morgan fingerprint density at radius 2 is 2.20 bits per heavy atom. The third-order valence-corrected chi connectivity index (χ3v) is 4.17. The molecule has 0 saturated carbocycles. The Hall–Kier alpha value is -2.29. The van der Waals surface area contributed by atoms with Gasteiger partial charge in [0.25, 0.3) is 0 Å². The van der Waals surface area contributed by atoms with E-state index in [0.717, 1.165) is 19.4 Å². The van der Waals surface area contributed by atoms with Crippen LogP contribution in [0.2, 0.25) is 0 Å². The van der Waals surface area contributed by atoms with E-state index in [1.807, 2.05) is 31.7 Å². The van der Waals surface area contributed by atoms with Gasteiger partial charge in [-0.05, 0) is 57.7 Å². The van der Waals surface area contributed by atoms with Crippen LogP contribution in [0.3, 0.4) is 0 Å². The summed E-state index contributed by atoms with van der Waals surface area (Å²) < 4.78 is 19.6. The fraction of sp³-hybridized carbons (Fsp3) is 0.579. The Kier molecular flexibility index (Phi) is 5.89. The van der Waals surface area contributed by atoms with Gasteiger partial charge in [0, 0.05) is 26.7 Å². The molecule has 0 aromatic heterocycles. The van der Waals surface area contributed by atoms with Crippen LogP contribution in [0.25, 0.3) is 0 Å². The van der Waals surface area contributed by atoms with Crippen molar-refractivity contribution in [3.63, 3.8) is 0 Å². The molecule has 1 aliphatic heterocycles. The van der Waals surface area contributed by atoms with Crippen molar-refractivity contribution >= 4 is 11.8 Å². The molecule has 6 heteroatoms. The number of hydrogen-bond acceptors (Lipinski definition) is 4. The molecule has 1 saturated heterocycles. The Balaban J connectivity index is 1.99. The predicted octanol–water partition coefficient (Wildman–Crippen LogP) is 3.78. The zero-order valence-electron chi connectivity index (χ0n) is 15.4. The van der Waals surface area contributed by atoms with Crippen LogP contribution in [0.4, 0.5) is 14.9 Å². The van der Waals surface area contributed by atoms with Crippen LogP contribution >= 0.6 is 0 Å². The minimum absolute atomic E-state index is 0.251. The Labute approximate surface area is 149 Å². The quantitative estimate of drug-likeness (QED) is 0.835. The summed E-state index contributed by atoms with van der Waals surface area (Å²) in [6.45, 7) is 7.55. The molecule has 1 fully saturated rings. The predicted molar refractivity (Wildman–Crippen MR) is 94.9 cm³/mol. The normalized spacial score (nSPS) is 17.8. The molecule has 0 aliphatic carbocycles. The highest BCUT2D eigenvalue weighted by molar-refractivity contribution is 5.67. The summed E-state index contributed by atoms with van der Waals surface area (Å²) in [6.07, 6.45) is 1.59. The third-order valence-electron chi connectivity index (χ3n) is 4.17. The van der Waals surface area contributed by atoms with Gasteiger partial charge in [0.2, 0.25) is 0 Å². The van der Waals surface area contributed by atoms with Gasteiger partial charge < -0.3 is 14.5 Å². The van der Waals surface area contributed by atoms with E-state index in [1.54, 1.807) is 24.1 Å². The topological polar surface area (TPSA) is 56.6 Å². The van der Waals surface area contributed by atoms with Gasteiger partial charge in [0.1, 0.15) is 11.4 Å². The summed E-state index contributed by atoms with van der Waals surface area (Å²) in [5.74, 6) is -0.124. The zero-order chi connectivity index (χ0) is 18.6. The lowest BCUT2D eigenvalue weighted by Crippen LogP contribution is -2.43. The van der Waals surface area contributed by atoms with Crippen molar-refractivity contribution in [2.45, 2.75) is 39.2 Å². The molecule has 0 spiro atoms. The highest BCUT2D eigenvalue weighted by atomic mass is 19.1. The Morgan fingerprint density at radius 3 is 2.80 bits per heavy atom. The SMILES string of the molecule is CN(CC1CCCN(c2ccc(C#N)cc2F)C1)C(=O)OC(C)(C)C. The molecule has 1 aromatic rings. The zero-order valence-corrected chi connectivity index (χ0v) is 15.4. The van der Waals surface area contributed by atoms with Gasteiger partial charge in [0.05, 0.1) is 17.3 Å². The second-order valence-electron chi connectivity index (χ2n) is 7.59. The van der Waals surface area contributed by atoms with E-state index < -0.39 is 5.60 Å². The second kappa shape index (κ2) is 7.73. The van der Waals surface area contributed by atoms with Gasteiger partial charge in [0.15, 0.2) is 0 Å². The maximum Gasteiger partial charge on any atom is 0.410 e. The number of nitrogens with zero attached hydrogens (tertiary/aromatic N) is 3. The van der Waals surface area contributed by atoms with Crippen LogP contribution in [0.1, 0.15) is 39.2 Å². The number of amides is 1. The van der Waals surface area contributed by atoms with E-state index in [0.29, 0.717) is 24.3 Å². The van der Waals surface area contributed by atoms with Crippen molar-refractivity contribution in [1.29, 1.82) is 5.26 Å². The van der Waals surface area contributed by atoms with Gasteiger partial charge in [-0.3, -0.25) is 0 Å². The molecule has 1 unspecified atom stereocenters. The number of anilines is 1. The highest BCUT2D eigenvalue weighted by Gasteiger charge is 2.26. The Morgan fingerprint density at radius 1 is 1.48 bits per heavy atom. The van der Waals surface area contributed by atoms with Crippen molar-refractivity contribution in [2.24, 2.45) is 5.92 Å². The number of ether oxygens (including phenoxy) is 1. The number of nitriles is 1. The maximum atomic E-state index is 14.2. The minimum atomic E-state index is -0.518. The van der Waals surface area contributed by atoms with Gasteiger partial charge in [-0.2, -0.15) is 5.26 Å². The van der Waals surface area contributed by atoms with Gasteiger partial charge >= 0.3 is 6.09 Å². The number of piperidine rings is 1. The number of carbonyl (C=O) groups is 1. The van der Waals surface area contributed by atoms with Gasteiger partial charge in [-0.1, -0.05) is 0 Å². The van der Waals surface area contributed by atoms with E-state index in [1.165, 1.54) is 6.07 Å². The Bertz CT molecular complexity index is 664. The van der Waals surface area contributed by atoms with Crippen molar-refractivity contribution in [3.8, 4) is 6.07 Å². The van der Waals surface area contributed by atoms with Crippen molar-refractivity contribution in [2.75, 3.05) is 31.6 Å². The van der Waals surface area contributed by atoms with Crippen LogP contribution in [0, 0.1) is 23.1 Å². The van der Waals surface area contributed by atoms with Crippen molar-refractivity contribution in [1.82, 2.24) is 4.90 Å². The summed E-state index contributed by atoms with van der Waals surface area (Å²) >= 11 is 0. The summed E-state index contributed by atoms with van der Waals surface area (Å²) in [5, 5.41) is 8.86. The lowest BCUT2D eigenvalue weighted by Gasteiger charge is -2.36. The molecule has 0 bridgehead atoms. The van der Waals surface area contributed by atoms with Crippen molar-refractivity contribution < 1.29 is 13.9 Å². The summed E-state index contributed by atoms with van der Waals surface area (Å²) in [7, 11) is 1.73. The molecule has 0 N–H and O–H groups in total. The van der Waals surface area contributed by atoms with Crippen LogP contribution < -0.4 is 4.90 Å². The van der Waals surface area contributed by atoms with Crippen molar-refractivity contribution in [3.05, 3.63) is 29.6 Å². The fourth-order valence-electron chi connectivity index (χ4n) is 3.07. The average Bonchev–Trinajstić information content (AvgIpc) is 2.53. The first kappa shape index (κ1) is 19.0. The third kappa shape index (κ3) is 5.35. The van der Waals surface area contributed by atoms with E-state index in [2.05, 4.69) is 0 Å². The number of benzene rings is 1. The second-order valence-corrected chi connectivity index (χ2v) is 7.59. The molecule has 1 aromatic carbocycles. The monoisotopic (exact) mass is 347 g/mol. The highest BCUT2D eigenvalue weighted by Crippen LogP contribution is 2.27. The molecule has 2 rings (SSSR count). The summed E-state index contributed by atoms with van der Waals surface area (Å²) in [4.78, 5) is 15.7. The molecule has 0 radical (unpaired) electrons. The summed E-state index contributed by atoms with van der Waals surface area (Å²) in [5.41, 5.74) is 0.318. The molecular weight excluding hydrogens is 321 g/mol. The molecule has 136 valence electrons. The number of hydrogen-bond donors (Lipinski definition) is 0. The lowest BCUT2D eigenvalue weighted by molar-refractivity contribution is 0.0269. The first-order valence-electron chi connectivity index (χ1n) is 8.58. The summed E-state index contributed by atoms with van der Waals surface area (Å²) in [6, 6.07) is 6.51. The molecule has 1 amide bonds. The van der Waals surface area contributed by atoms with E-state index in [9.17, 15) is 9.18 Å². The van der Waals surface area contributed by atoms with E-state index in [4.69, 9.17) is 10.00 Å². The van der Waals surface area contributed by atoms with Crippen LogP contribution in [0.5, 0.6) is 0 Å². The average molecular weight is 347 g/mol. The lowest BCUT2D eigenvalue weighted by atomic mass is 9.97. The van der Waals surface area contributed by atoms with Crippen LogP contribution in [0.15, 0.2) is 18.2 Å². The first-order chi connectivity index (χ1) is 11.7. The number of halogens is 1. The molecule has 1 aliphatic rings. The maximum absolute atomic E-state index is 14.2. The van der Waals surface area contributed by atoms with E-state index >= 15 is 0 Å². The first-order valence-corrected chi connectivity index (χ1v) is 8.58. The molecule has 1 atom stereocenters. The molecule has 5 nitrogen and oxygen atoms in total. The van der Waals surface area contributed by atoms with Gasteiger partial charge in [-0.15, -0.1) is 0 Å². The fourth-order valence-corrected chi connectivity index (χ4v) is 3.07. The standard InChI is InChI=1S/C19H26FN3O2/c1-19(2,3)25-18(24)22(4)12-15-6-5-9-23(13-15)17-8-7-14(11-21)10-16(17)20/h7-8,10,15H,5-6,9,12-13H2,1-4H3. The number of carbonyl (C=O) groups excluding carboxylic acids is 1. The molecule has 1 heterocycles. The van der Waals surface area contributed by atoms with Crippen LogP contribution in [-0.2, 0) is 4.74 Å². The van der Waals surface area contributed by atoms with E-state index in [-0.39, 0.29) is 17.8 Å². The smallest absolute Gasteiger partial charge is 0.410 e. The van der Waals surface area contributed by atoms with Gasteiger partial charge in [-0.25, -0.2) is 9.18 Å². The van der Waals surface area contributed by atoms with Crippen LogP contribution in [-0.4, -0.2) is 43.3 Å². The molecular formula is C19H26FN3O2. The number of rotatable bonds is 3. The largest absolute Gasteiger partial charge is 0.444 e. The minimum Gasteiger partial charge on any atom is -0.444 e. The molecule has 25 heavy (non-hydrogen) atoms.